The number of aryl methyl sites for hydroxylation is 1. The van der Waals surface area contributed by atoms with Crippen molar-refractivity contribution in [3.63, 3.8) is 0 Å². The highest BCUT2D eigenvalue weighted by molar-refractivity contribution is 7.99. The molecule has 0 N–H and O–H groups in total. The zero-order chi connectivity index (χ0) is 28.6. The number of rotatable bonds is 9. The molecule has 2 amide bonds. The first kappa shape index (κ1) is 26.4. The van der Waals surface area contributed by atoms with Gasteiger partial charge in [-0.15, -0.1) is 0 Å². The maximum absolute atomic E-state index is 13.6. The maximum atomic E-state index is 13.6. The molecule has 0 saturated carbocycles. The second-order valence-corrected chi connectivity index (χ2v) is 11.6. The van der Waals surface area contributed by atoms with Crippen molar-refractivity contribution in [2.45, 2.75) is 36.0 Å². The van der Waals surface area contributed by atoms with Gasteiger partial charge >= 0.3 is 0 Å². The van der Waals surface area contributed by atoms with Crippen molar-refractivity contribution in [2.24, 2.45) is 0 Å². The smallest absolute Gasteiger partial charge is 0.261 e. The van der Waals surface area contributed by atoms with Crippen LogP contribution in [0.5, 0.6) is 0 Å². The van der Waals surface area contributed by atoms with Gasteiger partial charge in [-0.25, -0.2) is 9.97 Å². The predicted octanol–water partition coefficient (Wildman–Crippen LogP) is 6.71. The molecule has 0 aliphatic carbocycles. The Morgan fingerprint density at radius 3 is 2.48 bits per heavy atom. The molecule has 42 heavy (non-hydrogen) atoms. The Balaban J connectivity index is 1.20. The van der Waals surface area contributed by atoms with Crippen LogP contribution in [0, 0.1) is 0 Å². The van der Waals surface area contributed by atoms with Crippen molar-refractivity contribution in [3.05, 3.63) is 113 Å². The second kappa shape index (κ2) is 11.1. The first-order valence-corrected chi connectivity index (χ1v) is 14.9. The van der Waals surface area contributed by atoms with Crippen molar-refractivity contribution in [1.29, 1.82) is 0 Å². The summed E-state index contributed by atoms with van der Waals surface area (Å²) in [5.74, 6) is -0.511. The minimum absolute atomic E-state index is 0.255. The van der Waals surface area contributed by atoms with E-state index in [0.29, 0.717) is 47.6 Å². The first-order valence-electron chi connectivity index (χ1n) is 13.7. The Bertz CT molecular complexity index is 1950. The zero-order valence-corrected chi connectivity index (χ0v) is 24.1. The van der Waals surface area contributed by atoms with Gasteiger partial charge < -0.3 is 4.57 Å². The van der Waals surface area contributed by atoms with E-state index in [0.717, 1.165) is 38.5 Å². The van der Waals surface area contributed by atoms with Crippen molar-refractivity contribution >= 4 is 57.0 Å². The molecule has 0 fully saturated rings. The molecular weight excluding hydrogens is 568 g/mol. The van der Waals surface area contributed by atoms with Gasteiger partial charge in [0.1, 0.15) is 12.7 Å². The third-order valence-electron chi connectivity index (χ3n) is 7.49. The molecule has 0 spiro atoms. The van der Waals surface area contributed by atoms with E-state index < -0.39 is 0 Å². The van der Waals surface area contributed by atoms with Crippen LogP contribution in [0.15, 0.2) is 102 Å². The molecule has 2 aromatic heterocycles. The van der Waals surface area contributed by atoms with Crippen LogP contribution < -0.4 is 0 Å². The lowest BCUT2D eigenvalue weighted by atomic mass is 9.94. The molecule has 0 radical (unpaired) electrons. The summed E-state index contributed by atoms with van der Waals surface area (Å²) in [7, 11) is 0. The average Bonchev–Trinajstić information content (AvgIpc) is 3.64. The molecule has 1 aliphatic rings. The fourth-order valence-corrected chi connectivity index (χ4v) is 6.75. The van der Waals surface area contributed by atoms with E-state index in [1.54, 1.807) is 11.0 Å². The SMILES string of the molecule is O=C1c2cccc3c(Sc4nc5ccccc5n4Cc4cccc(Cl)c4)ccc(c23)C(=O)N1CCCCn1cncn1. The van der Waals surface area contributed by atoms with Crippen LogP contribution in [0.25, 0.3) is 21.8 Å². The summed E-state index contributed by atoms with van der Waals surface area (Å²) >= 11 is 7.82. The highest BCUT2D eigenvalue weighted by Crippen LogP contribution is 2.39. The molecule has 10 heteroatoms. The van der Waals surface area contributed by atoms with E-state index in [1.165, 1.54) is 23.0 Å². The number of imidazole rings is 1. The van der Waals surface area contributed by atoms with Gasteiger partial charge in [-0.2, -0.15) is 5.10 Å². The van der Waals surface area contributed by atoms with Gasteiger partial charge in [0.15, 0.2) is 5.16 Å². The topological polar surface area (TPSA) is 85.9 Å². The largest absolute Gasteiger partial charge is 0.314 e. The zero-order valence-electron chi connectivity index (χ0n) is 22.5. The van der Waals surface area contributed by atoms with E-state index >= 15 is 0 Å². The summed E-state index contributed by atoms with van der Waals surface area (Å²) in [5.41, 5.74) is 4.09. The fraction of sp³-hybridized carbons (Fsp3) is 0.156. The van der Waals surface area contributed by atoms with Gasteiger partial charge in [-0.05, 0) is 66.3 Å². The van der Waals surface area contributed by atoms with E-state index in [4.69, 9.17) is 16.6 Å². The molecule has 1 aliphatic heterocycles. The van der Waals surface area contributed by atoms with Gasteiger partial charge in [0, 0.05) is 39.5 Å². The van der Waals surface area contributed by atoms with Gasteiger partial charge in [0.2, 0.25) is 0 Å². The lowest BCUT2D eigenvalue weighted by Gasteiger charge is -2.27. The summed E-state index contributed by atoms with van der Waals surface area (Å²) in [6.45, 7) is 1.64. The van der Waals surface area contributed by atoms with Crippen LogP contribution in [0.2, 0.25) is 5.02 Å². The van der Waals surface area contributed by atoms with Crippen LogP contribution in [-0.2, 0) is 13.1 Å². The molecular formula is C32H25ClN6O2S. The minimum atomic E-state index is -0.255. The van der Waals surface area contributed by atoms with Crippen LogP contribution in [-0.4, -0.2) is 47.6 Å². The summed E-state index contributed by atoms with van der Waals surface area (Å²) in [6.07, 6.45) is 4.62. The number of nitrogens with zero attached hydrogens (tertiary/aromatic N) is 6. The Morgan fingerprint density at radius 2 is 1.64 bits per heavy atom. The van der Waals surface area contributed by atoms with Crippen molar-refractivity contribution < 1.29 is 9.59 Å². The molecule has 6 aromatic rings. The lowest BCUT2D eigenvalue weighted by Crippen LogP contribution is -2.41. The normalized spacial score (nSPS) is 13.0. The van der Waals surface area contributed by atoms with Crippen LogP contribution >= 0.6 is 23.4 Å². The lowest BCUT2D eigenvalue weighted by molar-refractivity contribution is 0.0607. The number of hydrogen-bond donors (Lipinski definition) is 0. The number of benzene rings is 4. The number of halogens is 1. The van der Waals surface area contributed by atoms with Gasteiger partial charge in [-0.3, -0.25) is 19.2 Å². The number of amides is 2. The third-order valence-corrected chi connectivity index (χ3v) is 8.79. The Hall–Kier alpha value is -4.47. The number of aromatic nitrogens is 5. The van der Waals surface area contributed by atoms with Crippen molar-refractivity contribution in [1.82, 2.24) is 29.2 Å². The van der Waals surface area contributed by atoms with Gasteiger partial charge in [0.25, 0.3) is 11.8 Å². The van der Waals surface area contributed by atoms with Crippen LogP contribution in [0.1, 0.15) is 39.1 Å². The van der Waals surface area contributed by atoms with Crippen LogP contribution in [0.3, 0.4) is 0 Å². The van der Waals surface area contributed by atoms with E-state index in [1.807, 2.05) is 66.7 Å². The number of unbranched alkanes of at least 4 members (excludes halogenated alkanes) is 1. The quantitative estimate of drug-likeness (QED) is 0.137. The molecule has 0 bridgehead atoms. The summed E-state index contributed by atoms with van der Waals surface area (Å²) in [6, 6.07) is 25.4. The molecule has 7 rings (SSSR count). The number of carbonyl (C=O) groups excluding carboxylic acids is 2. The highest BCUT2D eigenvalue weighted by atomic mass is 35.5. The molecule has 8 nitrogen and oxygen atoms in total. The Morgan fingerprint density at radius 1 is 0.833 bits per heavy atom. The third kappa shape index (κ3) is 4.84. The number of hydrogen-bond acceptors (Lipinski definition) is 6. The molecule has 208 valence electrons. The van der Waals surface area contributed by atoms with E-state index in [-0.39, 0.29) is 11.8 Å². The molecule has 4 aromatic carbocycles. The number of imide groups is 1. The fourth-order valence-electron chi connectivity index (χ4n) is 5.50. The predicted molar refractivity (Wildman–Crippen MR) is 163 cm³/mol. The van der Waals surface area contributed by atoms with E-state index in [2.05, 4.69) is 26.8 Å². The van der Waals surface area contributed by atoms with Crippen molar-refractivity contribution in [2.75, 3.05) is 6.54 Å². The van der Waals surface area contributed by atoms with Crippen molar-refractivity contribution in [3.8, 4) is 0 Å². The maximum Gasteiger partial charge on any atom is 0.261 e. The van der Waals surface area contributed by atoms with Gasteiger partial charge in [-0.1, -0.05) is 59.8 Å². The summed E-state index contributed by atoms with van der Waals surface area (Å²) in [4.78, 5) is 38.3. The van der Waals surface area contributed by atoms with E-state index in [9.17, 15) is 9.59 Å². The highest BCUT2D eigenvalue weighted by Gasteiger charge is 2.33. The second-order valence-electron chi connectivity index (χ2n) is 10.2. The first-order chi connectivity index (χ1) is 20.6. The number of para-hydroxylation sites is 2. The monoisotopic (exact) mass is 592 g/mol. The number of carbonyl (C=O) groups is 2. The summed E-state index contributed by atoms with van der Waals surface area (Å²) in [5, 5.41) is 7.19. The van der Waals surface area contributed by atoms with Gasteiger partial charge in [0.05, 0.1) is 17.6 Å². The molecule has 0 unspecified atom stereocenters. The standard InChI is InChI=1S/C32H25ClN6O2S/c33-22-8-5-7-21(17-22)18-39-27-12-2-1-11-26(27)36-32(39)42-28-14-13-25-29-23(28)9-6-10-24(29)30(40)38(31(25)41)16-4-3-15-37-20-34-19-35-37/h1-2,5-14,17,19-20H,3-4,15-16,18H2. The van der Waals surface area contributed by atoms with Crippen LogP contribution in [0.4, 0.5) is 0 Å². The molecule has 3 heterocycles. The summed E-state index contributed by atoms with van der Waals surface area (Å²) < 4.78 is 3.93. The minimum Gasteiger partial charge on any atom is -0.314 e. The number of fused-ring (bicyclic) bond motifs is 1. The Kier molecular flexibility index (Phi) is 6.97. The average molecular weight is 593 g/mol. The Labute approximate surface area is 250 Å². The molecule has 0 saturated heterocycles. The molecule has 0 atom stereocenters.